The number of aromatic carboxylic acids is 1. The first-order chi connectivity index (χ1) is 8.56. The van der Waals surface area contributed by atoms with Crippen molar-refractivity contribution >= 4 is 17.7 Å². The van der Waals surface area contributed by atoms with Crippen LogP contribution in [0.2, 0.25) is 0 Å². The Morgan fingerprint density at radius 3 is 2.78 bits per heavy atom. The second-order valence-corrected chi connectivity index (χ2v) is 4.58. The highest BCUT2D eigenvalue weighted by Gasteiger charge is 2.26. The molecule has 6 heteroatoms. The molecule has 0 radical (unpaired) electrons. The summed E-state index contributed by atoms with van der Waals surface area (Å²) in [5, 5.41) is 14.2. The van der Waals surface area contributed by atoms with E-state index in [2.05, 4.69) is 22.5 Å². The number of nitrogens with one attached hydrogen (secondary N) is 2. The number of pyridine rings is 1. The second-order valence-electron chi connectivity index (χ2n) is 4.58. The van der Waals surface area contributed by atoms with Crippen LogP contribution in [0.25, 0.3) is 0 Å². The van der Waals surface area contributed by atoms with E-state index < -0.39 is 5.97 Å². The van der Waals surface area contributed by atoms with Crippen LogP contribution in [-0.4, -0.2) is 28.1 Å². The van der Waals surface area contributed by atoms with Gasteiger partial charge >= 0.3 is 12.0 Å². The van der Waals surface area contributed by atoms with Gasteiger partial charge in [0.05, 0.1) is 5.69 Å². The van der Waals surface area contributed by atoms with Crippen molar-refractivity contribution in [3.8, 4) is 0 Å². The average Bonchev–Trinajstić information content (AvgIpc) is 2.27. The number of hydrogen-bond donors (Lipinski definition) is 3. The third-order valence-corrected chi connectivity index (χ3v) is 2.97. The number of carbonyl (C=O) groups excluding carboxylic acids is 1. The predicted molar refractivity (Wildman–Crippen MR) is 65.5 cm³/mol. The van der Waals surface area contributed by atoms with Gasteiger partial charge < -0.3 is 15.7 Å². The van der Waals surface area contributed by atoms with Crippen molar-refractivity contribution < 1.29 is 14.7 Å². The molecular formula is C12H15N3O3. The van der Waals surface area contributed by atoms with Crippen molar-refractivity contribution in [3.63, 3.8) is 0 Å². The highest BCUT2D eigenvalue weighted by Crippen LogP contribution is 2.26. The van der Waals surface area contributed by atoms with E-state index in [0.717, 1.165) is 12.8 Å². The number of aromatic nitrogens is 1. The maximum absolute atomic E-state index is 11.7. The summed E-state index contributed by atoms with van der Waals surface area (Å²) in [4.78, 5) is 26.3. The first-order valence-electron chi connectivity index (χ1n) is 5.82. The summed E-state index contributed by atoms with van der Waals surface area (Å²) in [6, 6.07) is 2.89. The van der Waals surface area contributed by atoms with Gasteiger partial charge in [-0.15, -0.1) is 0 Å². The van der Waals surface area contributed by atoms with Crippen molar-refractivity contribution in [2.75, 3.05) is 5.32 Å². The van der Waals surface area contributed by atoms with Crippen LogP contribution < -0.4 is 10.6 Å². The Bertz CT molecular complexity index is 469. The molecule has 1 aliphatic rings. The lowest BCUT2D eigenvalue weighted by Gasteiger charge is -2.33. The fourth-order valence-corrected chi connectivity index (χ4v) is 2.04. The van der Waals surface area contributed by atoms with E-state index in [4.69, 9.17) is 5.11 Å². The van der Waals surface area contributed by atoms with Gasteiger partial charge in [-0.05, 0) is 30.9 Å². The van der Waals surface area contributed by atoms with Crippen molar-refractivity contribution in [1.29, 1.82) is 0 Å². The molecule has 6 nitrogen and oxygen atoms in total. The number of hydrogen-bond acceptors (Lipinski definition) is 3. The van der Waals surface area contributed by atoms with E-state index >= 15 is 0 Å². The Morgan fingerprint density at radius 2 is 2.17 bits per heavy atom. The molecule has 1 aliphatic carbocycles. The SMILES string of the molecule is CC1CC(NC(=O)Nc2cccnc2C(=O)O)C1. The van der Waals surface area contributed by atoms with Crippen LogP contribution in [-0.2, 0) is 0 Å². The number of anilines is 1. The minimum absolute atomic E-state index is 0.158. The summed E-state index contributed by atoms with van der Waals surface area (Å²) in [5.41, 5.74) is 0.0458. The van der Waals surface area contributed by atoms with E-state index in [1.807, 2.05) is 0 Å². The summed E-state index contributed by atoms with van der Waals surface area (Å²) in [7, 11) is 0. The van der Waals surface area contributed by atoms with Crippen LogP contribution in [0.4, 0.5) is 10.5 Å². The second kappa shape index (κ2) is 5.03. The zero-order valence-electron chi connectivity index (χ0n) is 10.0. The van der Waals surface area contributed by atoms with E-state index in [9.17, 15) is 9.59 Å². The predicted octanol–water partition coefficient (Wildman–Crippen LogP) is 1.70. The fraction of sp³-hybridized carbons (Fsp3) is 0.417. The molecule has 1 aromatic rings. The molecule has 0 saturated heterocycles. The summed E-state index contributed by atoms with van der Waals surface area (Å²) < 4.78 is 0. The van der Waals surface area contributed by atoms with Crippen LogP contribution in [0.5, 0.6) is 0 Å². The van der Waals surface area contributed by atoms with Crippen molar-refractivity contribution in [2.45, 2.75) is 25.8 Å². The van der Waals surface area contributed by atoms with Crippen molar-refractivity contribution in [2.24, 2.45) is 5.92 Å². The summed E-state index contributed by atoms with van der Waals surface area (Å²) in [6.45, 7) is 2.12. The average molecular weight is 249 g/mol. The maximum atomic E-state index is 11.7. The first kappa shape index (κ1) is 12.3. The minimum atomic E-state index is -1.16. The number of nitrogens with zero attached hydrogens (tertiary/aromatic N) is 1. The fourth-order valence-electron chi connectivity index (χ4n) is 2.04. The van der Waals surface area contributed by atoms with E-state index in [-0.39, 0.29) is 23.5 Å². The molecular weight excluding hydrogens is 234 g/mol. The van der Waals surface area contributed by atoms with Crippen LogP contribution in [0, 0.1) is 5.92 Å². The van der Waals surface area contributed by atoms with Crippen LogP contribution in [0.3, 0.4) is 0 Å². The molecule has 18 heavy (non-hydrogen) atoms. The van der Waals surface area contributed by atoms with E-state index in [0.29, 0.717) is 5.92 Å². The van der Waals surface area contributed by atoms with Gasteiger partial charge in [0.15, 0.2) is 5.69 Å². The van der Waals surface area contributed by atoms with Crippen molar-refractivity contribution in [1.82, 2.24) is 10.3 Å². The van der Waals surface area contributed by atoms with Gasteiger partial charge in [0.25, 0.3) is 0 Å². The largest absolute Gasteiger partial charge is 0.476 e. The van der Waals surface area contributed by atoms with Gasteiger partial charge in [-0.25, -0.2) is 14.6 Å². The molecule has 1 saturated carbocycles. The number of carbonyl (C=O) groups is 2. The normalized spacial score (nSPS) is 21.8. The Hall–Kier alpha value is -2.11. The first-order valence-corrected chi connectivity index (χ1v) is 5.82. The number of carboxylic acid groups (broad SMARTS) is 1. The lowest BCUT2D eigenvalue weighted by molar-refractivity contribution is 0.0692. The summed E-state index contributed by atoms with van der Waals surface area (Å²) >= 11 is 0. The molecule has 0 aliphatic heterocycles. The van der Waals surface area contributed by atoms with Gasteiger partial charge in [0.1, 0.15) is 0 Å². The molecule has 0 bridgehead atoms. The van der Waals surface area contributed by atoms with Gasteiger partial charge in [-0.1, -0.05) is 6.92 Å². The molecule has 3 N–H and O–H groups in total. The molecule has 1 aromatic heterocycles. The standard InChI is InChI=1S/C12H15N3O3/c1-7-5-8(6-7)14-12(18)15-9-3-2-4-13-10(9)11(16)17/h2-4,7-8H,5-6H2,1H3,(H,16,17)(H2,14,15,18). The van der Waals surface area contributed by atoms with Crippen LogP contribution >= 0.6 is 0 Å². The molecule has 0 aromatic carbocycles. The Morgan fingerprint density at radius 1 is 1.44 bits per heavy atom. The zero-order valence-corrected chi connectivity index (χ0v) is 10.0. The van der Waals surface area contributed by atoms with Gasteiger partial charge in [-0.3, -0.25) is 0 Å². The highest BCUT2D eigenvalue weighted by atomic mass is 16.4. The van der Waals surface area contributed by atoms with Gasteiger partial charge in [0.2, 0.25) is 0 Å². The van der Waals surface area contributed by atoms with Crippen LogP contribution in [0.15, 0.2) is 18.3 Å². The molecule has 0 spiro atoms. The van der Waals surface area contributed by atoms with E-state index in [1.165, 1.54) is 12.3 Å². The Balaban J connectivity index is 1.96. The smallest absolute Gasteiger partial charge is 0.356 e. The topological polar surface area (TPSA) is 91.3 Å². The number of rotatable bonds is 3. The molecule has 2 amide bonds. The van der Waals surface area contributed by atoms with Gasteiger partial charge in [-0.2, -0.15) is 0 Å². The number of carboxylic acids is 1. The molecule has 1 heterocycles. The lowest BCUT2D eigenvalue weighted by atomic mass is 9.82. The highest BCUT2D eigenvalue weighted by molar-refractivity contribution is 5.98. The third-order valence-electron chi connectivity index (χ3n) is 2.97. The maximum Gasteiger partial charge on any atom is 0.356 e. The lowest BCUT2D eigenvalue weighted by Crippen LogP contribution is -2.45. The molecule has 1 fully saturated rings. The van der Waals surface area contributed by atoms with E-state index in [1.54, 1.807) is 6.07 Å². The summed E-state index contributed by atoms with van der Waals surface area (Å²) in [5.74, 6) is -0.522. The summed E-state index contributed by atoms with van der Waals surface area (Å²) in [6.07, 6.45) is 3.30. The Labute approximate surface area is 104 Å². The van der Waals surface area contributed by atoms with Crippen molar-refractivity contribution in [3.05, 3.63) is 24.0 Å². The molecule has 0 unspecified atom stereocenters. The van der Waals surface area contributed by atoms with Crippen LogP contribution in [0.1, 0.15) is 30.3 Å². The third kappa shape index (κ3) is 2.77. The molecule has 96 valence electrons. The zero-order chi connectivity index (χ0) is 13.1. The quantitative estimate of drug-likeness (QED) is 0.760. The number of urea groups is 1. The monoisotopic (exact) mass is 249 g/mol. The minimum Gasteiger partial charge on any atom is -0.476 e. The Kier molecular flexibility index (Phi) is 3.45. The number of amides is 2. The van der Waals surface area contributed by atoms with Gasteiger partial charge in [0, 0.05) is 12.2 Å². The molecule has 2 rings (SSSR count). The molecule has 0 atom stereocenters.